The molecule has 0 amide bonds. The Morgan fingerprint density at radius 3 is 2.33 bits per heavy atom. The predicted molar refractivity (Wildman–Crippen MR) is 80.2 cm³/mol. The average molecular weight is 346 g/mol. The van der Waals surface area contributed by atoms with Crippen molar-refractivity contribution >= 4 is 39.1 Å². The van der Waals surface area contributed by atoms with E-state index in [2.05, 4.69) is 15.9 Å². The van der Waals surface area contributed by atoms with Crippen molar-refractivity contribution in [3.63, 3.8) is 0 Å². The molecule has 0 bridgehead atoms. The lowest BCUT2D eigenvalue weighted by Crippen LogP contribution is -1.94. The highest BCUT2D eigenvalue weighted by Gasteiger charge is 2.15. The lowest BCUT2D eigenvalue weighted by Gasteiger charge is -2.13. The number of ether oxygens (including phenoxy) is 1. The molecule has 2 aromatic carbocycles. The summed E-state index contributed by atoms with van der Waals surface area (Å²) in [6, 6.07) is 13.5. The summed E-state index contributed by atoms with van der Waals surface area (Å²) in [5.74, 6) is 0.829. The van der Waals surface area contributed by atoms with Crippen molar-refractivity contribution in [2.45, 2.75) is 4.83 Å². The molecule has 94 valence electrons. The largest absolute Gasteiger partial charge is 0.497 e. The molecule has 0 saturated carbocycles. The highest BCUT2D eigenvalue weighted by Crippen LogP contribution is 2.38. The lowest BCUT2D eigenvalue weighted by atomic mass is 10.0. The average Bonchev–Trinajstić information content (AvgIpc) is 2.41. The molecule has 18 heavy (non-hydrogen) atoms. The molecule has 1 nitrogen and oxygen atoms in total. The molecule has 1 atom stereocenters. The third kappa shape index (κ3) is 2.82. The minimum absolute atomic E-state index is 0.00889. The van der Waals surface area contributed by atoms with Gasteiger partial charge in [0.05, 0.1) is 22.0 Å². The van der Waals surface area contributed by atoms with Gasteiger partial charge in [-0.15, -0.1) is 0 Å². The third-order valence-corrected chi connectivity index (χ3v) is 4.52. The smallest absolute Gasteiger partial charge is 0.118 e. The number of benzene rings is 2. The fraction of sp³-hybridized carbons (Fsp3) is 0.143. The van der Waals surface area contributed by atoms with Crippen LogP contribution in [-0.4, -0.2) is 7.11 Å². The van der Waals surface area contributed by atoms with Gasteiger partial charge in [0.25, 0.3) is 0 Å². The fourth-order valence-corrected chi connectivity index (χ4v) is 2.90. The second-order valence-electron chi connectivity index (χ2n) is 3.78. The Bertz CT molecular complexity index is 540. The van der Waals surface area contributed by atoms with Gasteiger partial charge in [-0.1, -0.05) is 63.4 Å². The standard InChI is InChI=1S/C14H11BrCl2O/c1-18-10-7-5-9(6-8-10)13(15)11-3-2-4-12(16)14(11)17/h2-8,13H,1H3. The Balaban J connectivity index is 2.35. The van der Waals surface area contributed by atoms with Crippen LogP contribution in [0.5, 0.6) is 5.75 Å². The maximum Gasteiger partial charge on any atom is 0.118 e. The molecule has 0 fully saturated rings. The van der Waals surface area contributed by atoms with Crippen molar-refractivity contribution in [1.82, 2.24) is 0 Å². The van der Waals surface area contributed by atoms with Crippen molar-refractivity contribution in [2.75, 3.05) is 7.11 Å². The summed E-state index contributed by atoms with van der Waals surface area (Å²) >= 11 is 15.9. The van der Waals surface area contributed by atoms with E-state index in [-0.39, 0.29) is 4.83 Å². The van der Waals surface area contributed by atoms with Gasteiger partial charge < -0.3 is 4.74 Å². The molecule has 4 heteroatoms. The van der Waals surface area contributed by atoms with Gasteiger partial charge >= 0.3 is 0 Å². The molecule has 2 rings (SSSR count). The summed E-state index contributed by atoms with van der Waals surface area (Å²) in [5, 5.41) is 1.14. The highest BCUT2D eigenvalue weighted by molar-refractivity contribution is 9.09. The Labute approximate surface area is 125 Å². The van der Waals surface area contributed by atoms with E-state index in [0.29, 0.717) is 10.0 Å². The maximum atomic E-state index is 6.21. The second-order valence-corrected chi connectivity index (χ2v) is 5.48. The minimum atomic E-state index is 0.00889. The Kier molecular flexibility index (Phi) is 4.55. The van der Waals surface area contributed by atoms with Crippen LogP contribution in [0.2, 0.25) is 10.0 Å². The number of halogens is 3. The number of rotatable bonds is 3. The normalized spacial score (nSPS) is 12.2. The first-order chi connectivity index (χ1) is 8.63. The summed E-state index contributed by atoms with van der Waals surface area (Å²) in [6.45, 7) is 0. The van der Waals surface area contributed by atoms with Gasteiger partial charge in [0.1, 0.15) is 5.75 Å². The van der Waals surface area contributed by atoms with Gasteiger partial charge in [0.2, 0.25) is 0 Å². The van der Waals surface area contributed by atoms with Gasteiger partial charge in [-0.2, -0.15) is 0 Å². The topological polar surface area (TPSA) is 9.23 Å². The van der Waals surface area contributed by atoms with Gasteiger partial charge in [-0.3, -0.25) is 0 Å². The van der Waals surface area contributed by atoms with Crippen LogP contribution >= 0.6 is 39.1 Å². The van der Waals surface area contributed by atoms with Crippen LogP contribution < -0.4 is 4.74 Å². The molecule has 0 aliphatic carbocycles. The number of hydrogen-bond acceptors (Lipinski definition) is 1. The first kappa shape index (κ1) is 13.7. The zero-order valence-electron chi connectivity index (χ0n) is 9.66. The zero-order chi connectivity index (χ0) is 13.1. The summed E-state index contributed by atoms with van der Waals surface area (Å²) in [4.78, 5) is 0.00889. The van der Waals surface area contributed by atoms with E-state index in [1.165, 1.54) is 0 Å². The second kappa shape index (κ2) is 5.96. The summed E-state index contributed by atoms with van der Waals surface area (Å²) < 4.78 is 5.13. The van der Waals surface area contributed by atoms with Crippen molar-refractivity contribution in [1.29, 1.82) is 0 Å². The predicted octanol–water partition coefficient (Wildman–Crippen LogP) is 5.49. The first-order valence-electron chi connectivity index (χ1n) is 5.35. The van der Waals surface area contributed by atoms with E-state index in [0.717, 1.165) is 16.9 Å². The monoisotopic (exact) mass is 344 g/mol. The van der Waals surface area contributed by atoms with Crippen LogP contribution in [0.4, 0.5) is 0 Å². The van der Waals surface area contributed by atoms with Crippen LogP contribution in [0.3, 0.4) is 0 Å². The highest BCUT2D eigenvalue weighted by atomic mass is 79.9. The summed E-state index contributed by atoms with van der Waals surface area (Å²) in [6.07, 6.45) is 0. The van der Waals surface area contributed by atoms with E-state index in [9.17, 15) is 0 Å². The molecule has 0 saturated heterocycles. The van der Waals surface area contributed by atoms with E-state index in [1.807, 2.05) is 36.4 Å². The van der Waals surface area contributed by atoms with Crippen LogP contribution in [0, 0.1) is 0 Å². The SMILES string of the molecule is COc1ccc(C(Br)c2cccc(Cl)c2Cl)cc1. The molecule has 1 unspecified atom stereocenters. The molecule has 0 aliphatic rings. The number of methoxy groups -OCH3 is 1. The number of alkyl halides is 1. The first-order valence-corrected chi connectivity index (χ1v) is 7.02. The van der Waals surface area contributed by atoms with Crippen molar-refractivity contribution < 1.29 is 4.74 Å². The Morgan fingerprint density at radius 2 is 1.72 bits per heavy atom. The molecule has 0 radical (unpaired) electrons. The summed E-state index contributed by atoms with van der Waals surface area (Å²) in [7, 11) is 1.65. The van der Waals surface area contributed by atoms with E-state index < -0.39 is 0 Å². The molecule has 0 aromatic heterocycles. The van der Waals surface area contributed by atoms with Gasteiger partial charge in [0, 0.05) is 0 Å². The third-order valence-electron chi connectivity index (χ3n) is 2.66. The van der Waals surface area contributed by atoms with Gasteiger partial charge in [-0.25, -0.2) is 0 Å². The van der Waals surface area contributed by atoms with Crippen LogP contribution in [0.25, 0.3) is 0 Å². The number of hydrogen-bond donors (Lipinski definition) is 0. The molecule has 0 N–H and O–H groups in total. The Morgan fingerprint density at radius 1 is 1.06 bits per heavy atom. The molecular weight excluding hydrogens is 335 g/mol. The van der Waals surface area contributed by atoms with Crippen molar-refractivity contribution in [2.24, 2.45) is 0 Å². The Hall–Kier alpha value is -0.700. The quantitative estimate of drug-likeness (QED) is 0.668. The van der Waals surface area contributed by atoms with E-state index in [4.69, 9.17) is 27.9 Å². The fourth-order valence-electron chi connectivity index (χ4n) is 1.67. The molecule has 0 spiro atoms. The minimum Gasteiger partial charge on any atom is -0.497 e. The van der Waals surface area contributed by atoms with Crippen LogP contribution in [0.1, 0.15) is 16.0 Å². The molecular formula is C14H11BrCl2O. The van der Waals surface area contributed by atoms with E-state index >= 15 is 0 Å². The maximum absolute atomic E-state index is 6.21. The molecule has 0 heterocycles. The van der Waals surface area contributed by atoms with Crippen LogP contribution in [-0.2, 0) is 0 Å². The van der Waals surface area contributed by atoms with Crippen LogP contribution in [0.15, 0.2) is 42.5 Å². The molecule has 0 aliphatic heterocycles. The lowest BCUT2D eigenvalue weighted by molar-refractivity contribution is 0.414. The van der Waals surface area contributed by atoms with Gasteiger partial charge in [-0.05, 0) is 29.3 Å². The van der Waals surface area contributed by atoms with Crippen molar-refractivity contribution in [3.05, 3.63) is 63.6 Å². The zero-order valence-corrected chi connectivity index (χ0v) is 12.8. The molecule has 2 aromatic rings. The van der Waals surface area contributed by atoms with Crippen molar-refractivity contribution in [3.8, 4) is 5.75 Å². The van der Waals surface area contributed by atoms with Gasteiger partial charge in [0.15, 0.2) is 0 Å². The summed E-state index contributed by atoms with van der Waals surface area (Å²) in [5.41, 5.74) is 2.05. The van der Waals surface area contributed by atoms with E-state index in [1.54, 1.807) is 13.2 Å².